The highest BCUT2D eigenvalue weighted by molar-refractivity contribution is 6.36. The van der Waals surface area contributed by atoms with Gasteiger partial charge < -0.3 is 19.5 Å². The smallest absolute Gasteiger partial charge is 0.278 e. The van der Waals surface area contributed by atoms with E-state index in [2.05, 4.69) is 5.32 Å². The highest BCUT2D eigenvalue weighted by atomic mass is 16.5. The van der Waals surface area contributed by atoms with E-state index in [1.165, 1.54) is 12.0 Å². The average molecular weight is 424 g/mol. The van der Waals surface area contributed by atoms with Gasteiger partial charge in [0.1, 0.15) is 22.9 Å². The zero-order valence-electron chi connectivity index (χ0n) is 18.5. The summed E-state index contributed by atoms with van der Waals surface area (Å²) in [6.45, 7) is 6.72. The Kier molecular flexibility index (Phi) is 6.84. The lowest BCUT2D eigenvalue weighted by Crippen LogP contribution is -2.35. The predicted molar refractivity (Wildman–Crippen MR) is 119 cm³/mol. The van der Waals surface area contributed by atoms with E-state index in [0.717, 1.165) is 0 Å². The van der Waals surface area contributed by atoms with Gasteiger partial charge in [-0.1, -0.05) is 26.0 Å². The number of methoxy groups -OCH3 is 2. The fourth-order valence-electron chi connectivity index (χ4n) is 3.41. The number of carbonyl (C=O) groups is 2. The zero-order chi connectivity index (χ0) is 22.5. The first kappa shape index (κ1) is 22.2. The van der Waals surface area contributed by atoms with Crippen LogP contribution in [0.25, 0.3) is 5.57 Å². The van der Waals surface area contributed by atoms with Gasteiger partial charge in [0.15, 0.2) is 0 Å². The SMILES string of the molecule is CCOc1ccc(C2=C(Nc3ccc(OC)cc3OC)C(=O)N(CC(C)C)C2=O)cc1. The largest absolute Gasteiger partial charge is 0.497 e. The molecule has 31 heavy (non-hydrogen) atoms. The number of hydrogen-bond donors (Lipinski definition) is 1. The number of carbonyl (C=O) groups excluding carboxylic acids is 2. The Morgan fingerprint density at radius 3 is 2.19 bits per heavy atom. The maximum atomic E-state index is 13.2. The highest BCUT2D eigenvalue weighted by Gasteiger charge is 2.39. The van der Waals surface area contributed by atoms with Crippen molar-refractivity contribution < 1.29 is 23.8 Å². The molecule has 164 valence electrons. The fourth-order valence-corrected chi connectivity index (χ4v) is 3.41. The van der Waals surface area contributed by atoms with Crippen molar-refractivity contribution in [3.63, 3.8) is 0 Å². The number of ether oxygens (including phenoxy) is 3. The van der Waals surface area contributed by atoms with Crippen molar-refractivity contribution in [3.8, 4) is 17.2 Å². The monoisotopic (exact) mass is 424 g/mol. The Morgan fingerprint density at radius 2 is 1.61 bits per heavy atom. The maximum Gasteiger partial charge on any atom is 0.278 e. The van der Waals surface area contributed by atoms with Crippen LogP contribution >= 0.6 is 0 Å². The Labute approximate surface area is 182 Å². The highest BCUT2D eigenvalue weighted by Crippen LogP contribution is 2.35. The molecule has 1 N–H and O–H groups in total. The van der Waals surface area contributed by atoms with Gasteiger partial charge in [-0.05, 0) is 42.7 Å². The number of amides is 2. The van der Waals surface area contributed by atoms with Gasteiger partial charge in [-0.15, -0.1) is 0 Å². The van der Waals surface area contributed by atoms with E-state index in [4.69, 9.17) is 14.2 Å². The van der Waals surface area contributed by atoms with Crippen LogP contribution in [0, 0.1) is 5.92 Å². The first-order valence-electron chi connectivity index (χ1n) is 10.2. The summed E-state index contributed by atoms with van der Waals surface area (Å²) >= 11 is 0. The second kappa shape index (κ2) is 9.55. The van der Waals surface area contributed by atoms with E-state index < -0.39 is 0 Å². The number of benzene rings is 2. The molecule has 1 aliphatic heterocycles. The van der Waals surface area contributed by atoms with Crippen LogP contribution in [0.3, 0.4) is 0 Å². The molecule has 7 heteroatoms. The minimum Gasteiger partial charge on any atom is -0.497 e. The molecule has 0 aromatic heterocycles. The van der Waals surface area contributed by atoms with Crippen molar-refractivity contribution in [2.24, 2.45) is 5.92 Å². The third kappa shape index (κ3) is 4.66. The summed E-state index contributed by atoms with van der Waals surface area (Å²) in [6.07, 6.45) is 0. The standard InChI is InChI=1S/C24H28N2O5/c1-6-31-17-9-7-16(8-10-17)21-22(24(28)26(23(21)27)14-15(2)3)25-19-12-11-18(29-4)13-20(19)30-5/h7-13,15,25H,6,14H2,1-5H3. The van der Waals surface area contributed by atoms with Crippen molar-refractivity contribution in [2.45, 2.75) is 20.8 Å². The summed E-state index contributed by atoms with van der Waals surface area (Å²) in [7, 11) is 3.10. The van der Waals surface area contributed by atoms with Crippen LogP contribution in [0.4, 0.5) is 5.69 Å². The third-order valence-electron chi connectivity index (χ3n) is 4.84. The normalized spacial score (nSPS) is 13.8. The molecular weight excluding hydrogens is 396 g/mol. The molecule has 0 bridgehead atoms. The lowest BCUT2D eigenvalue weighted by Gasteiger charge is -2.18. The van der Waals surface area contributed by atoms with Crippen LogP contribution in [0.2, 0.25) is 0 Å². The number of hydrogen-bond acceptors (Lipinski definition) is 6. The van der Waals surface area contributed by atoms with E-state index in [0.29, 0.717) is 47.2 Å². The number of imide groups is 1. The molecule has 0 fully saturated rings. The van der Waals surface area contributed by atoms with Gasteiger partial charge >= 0.3 is 0 Å². The van der Waals surface area contributed by atoms with E-state index in [9.17, 15) is 9.59 Å². The molecule has 0 saturated heterocycles. The molecule has 2 aromatic carbocycles. The van der Waals surface area contributed by atoms with E-state index in [1.807, 2.05) is 20.8 Å². The number of anilines is 1. The zero-order valence-corrected chi connectivity index (χ0v) is 18.5. The van der Waals surface area contributed by atoms with Crippen LogP contribution in [0.5, 0.6) is 17.2 Å². The Morgan fingerprint density at radius 1 is 0.935 bits per heavy atom. The molecule has 2 aromatic rings. The number of nitrogens with one attached hydrogen (secondary N) is 1. The van der Waals surface area contributed by atoms with E-state index in [1.54, 1.807) is 49.6 Å². The van der Waals surface area contributed by atoms with Gasteiger partial charge in [0, 0.05) is 12.6 Å². The second-order valence-electron chi connectivity index (χ2n) is 7.51. The predicted octanol–water partition coefficient (Wildman–Crippen LogP) is 3.95. The van der Waals surface area contributed by atoms with Gasteiger partial charge in [0.2, 0.25) is 0 Å². The minimum absolute atomic E-state index is 0.143. The average Bonchev–Trinajstić information content (AvgIpc) is 2.98. The van der Waals surface area contributed by atoms with E-state index >= 15 is 0 Å². The van der Waals surface area contributed by atoms with Crippen molar-refractivity contribution in [1.82, 2.24) is 4.90 Å². The summed E-state index contributed by atoms with van der Waals surface area (Å²) in [5.41, 5.74) is 1.75. The summed E-state index contributed by atoms with van der Waals surface area (Å²) in [4.78, 5) is 27.8. The van der Waals surface area contributed by atoms with Crippen LogP contribution in [0.15, 0.2) is 48.2 Å². The maximum absolute atomic E-state index is 13.2. The van der Waals surface area contributed by atoms with Crippen LogP contribution < -0.4 is 19.5 Å². The molecule has 2 amide bonds. The summed E-state index contributed by atoms with van der Waals surface area (Å²) in [5.74, 6) is 1.29. The topological polar surface area (TPSA) is 77.1 Å². The molecular formula is C24H28N2O5. The molecule has 7 nitrogen and oxygen atoms in total. The van der Waals surface area contributed by atoms with Crippen LogP contribution in [-0.2, 0) is 9.59 Å². The Hall–Kier alpha value is -3.48. The lowest BCUT2D eigenvalue weighted by atomic mass is 10.0. The lowest BCUT2D eigenvalue weighted by molar-refractivity contribution is -0.137. The Balaban J connectivity index is 2.06. The van der Waals surface area contributed by atoms with Gasteiger partial charge in [0.05, 0.1) is 32.1 Å². The second-order valence-corrected chi connectivity index (χ2v) is 7.51. The van der Waals surface area contributed by atoms with Gasteiger partial charge in [0.25, 0.3) is 11.8 Å². The van der Waals surface area contributed by atoms with Gasteiger partial charge in [-0.3, -0.25) is 14.5 Å². The first-order valence-corrected chi connectivity index (χ1v) is 10.2. The molecule has 0 unspecified atom stereocenters. The molecule has 0 saturated carbocycles. The molecule has 0 spiro atoms. The number of rotatable bonds is 9. The molecule has 3 rings (SSSR count). The van der Waals surface area contributed by atoms with Crippen LogP contribution in [0.1, 0.15) is 26.3 Å². The van der Waals surface area contributed by atoms with E-state index in [-0.39, 0.29) is 23.4 Å². The van der Waals surface area contributed by atoms with Crippen molar-refractivity contribution in [1.29, 1.82) is 0 Å². The molecule has 1 heterocycles. The van der Waals surface area contributed by atoms with Gasteiger partial charge in [-0.25, -0.2) is 0 Å². The quantitative estimate of drug-likeness (QED) is 0.614. The molecule has 0 radical (unpaired) electrons. The van der Waals surface area contributed by atoms with Crippen molar-refractivity contribution in [3.05, 3.63) is 53.7 Å². The molecule has 0 atom stereocenters. The third-order valence-corrected chi connectivity index (χ3v) is 4.84. The van der Waals surface area contributed by atoms with Crippen LogP contribution in [-0.4, -0.2) is 44.1 Å². The molecule has 0 aliphatic carbocycles. The van der Waals surface area contributed by atoms with Crippen molar-refractivity contribution >= 4 is 23.1 Å². The summed E-state index contributed by atoms with van der Waals surface area (Å²) in [5, 5.41) is 3.14. The Bertz CT molecular complexity index is 996. The number of nitrogens with zero attached hydrogens (tertiary/aromatic N) is 1. The van der Waals surface area contributed by atoms with Crippen molar-refractivity contribution in [2.75, 3.05) is 32.7 Å². The molecule has 1 aliphatic rings. The van der Waals surface area contributed by atoms with Gasteiger partial charge in [-0.2, -0.15) is 0 Å². The fraction of sp³-hybridized carbons (Fsp3) is 0.333. The first-order chi connectivity index (χ1) is 14.9. The summed E-state index contributed by atoms with van der Waals surface area (Å²) < 4.78 is 16.2. The summed E-state index contributed by atoms with van der Waals surface area (Å²) in [6, 6.07) is 12.4. The minimum atomic E-state index is -0.361.